The van der Waals surface area contributed by atoms with E-state index in [-0.39, 0.29) is 11.5 Å². The second-order valence-electron chi connectivity index (χ2n) is 2.88. The summed E-state index contributed by atoms with van der Waals surface area (Å²) < 4.78 is 13.5. The molecule has 0 heterocycles. The molecule has 80 valence electrons. The Morgan fingerprint density at radius 2 is 2.06 bits per heavy atom. The van der Waals surface area contributed by atoms with E-state index in [2.05, 4.69) is 26.5 Å². The van der Waals surface area contributed by atoms with Crippen molar-refractivity contribution in [2.75, 3.05) is 5.43 Å². The smallest absolute Gasteiger partial charge is 0.237 e. The second kappa shape index (κ2) is 5.24. The number of aryl methyl sites for hydroxylation is 1. The van der Waals surface area contributed by atoms with E-state index in [1.54, 1.807) is 19.1 Å². The molecule has 0 saturated heterocycles. The van der Waals surface area contributed by atoms with Gasteiger partial charge in [0.2, 0.25) is 5.71 Å². The molecule has 0 amide bonds. The third-order valence-electron chi connectivity index (χ3n) is 1.72. The predicted molar refractivity (Wildman–Crippen MR) is 61.1 cm³/mol. The lowest BCUT2D eigenvalue weighted by Gasteiger charge is -2.04. The molecule has 0 aliphatic rings. The van der Waals surface area contributed by atoms with E-state index in [1.807, 2.05) is 0 Å². The van der Waals surface area contributed by atoms with E-state index in [0.29, 0.717) is 15.7 Å². The molecule has 0 spiro atoms. The lowest BCUT2D eigenvalue weighted by Crippen LogP contribution is -1.97. The highest BCUT2D eigenvalue weighted by Crippen LogP contribution is 2.23. The van der Waals surface area contributed by atoms with Crippen molar-refractivity contribution in [3.63, 3.8) is 0 Å². The van der Waals surface area contributed by atoms with Crippen LogP contribution in [0.1, 0.15) is 5.56 Å². The van der Waals surface area contributed by atoms with Crippen molar-refractivity contribution in [3.8, 4) is 12.1 Å². The van der Waals surface area contributed by atoms with Crippen molar-refractivity contribution in [1.29, 1.82) is 10.5 Å². The van der Waals surface area contributed by atoms with Crippen LogP contribution in [0, 0.1) is 35.4 Å². The van der Waals surface area contributed by atoms with Crippen LogP contribution in [0.3, 0.4) is 0 Å². The van der Waals surface area contributed by atoms with Crippen molar-refractivity contribution in [1.82, 2.24) is 0 Å². The molecule has 0 aromatic heterocycles. The van der Waals surface area contributed by atoms with Crippen LogP contribution in [0.25, 0.3) is 0 Å². The van der Waals surface area contributed by atoms with Gasteiger partial charge in [-0.2, -0.15) is 15.6 Å². The Kier molecular flexibility index (Phi) is 3.98. The van der Waals surface area contributed by atoms with Crippen LogP contribution in [-0.2, 0) is 0 Å². The van der Waals surface area contributed by atoms with Gasteiger partial charge in [-0.1, -0.05) is 0 Å². The minimum atomic E-state index is -0.352. The number of nitrogens with zero attached hydrogens (tertiary/aromatic N) is 3. The highest BCUT2D eigenvalue weighted by Gasteiger charge is 2.05. The number of nitriles is 2. The van der Waals surface area contributed by atoms with E-state index < -0.39 is 0 Å². The summed E-state index contributed by atoms with van der Waals surface area (Å²) in [6.45, 7) is 1.60. The highest BCUT2D eigenvalue weighted by molar-refractivity contribution is 9.10. The molecule has 0 radical (unpaired) electrons. The average molecular weight is 281 g/mol. The fraction of sp³-hybridized carbons (Fsp3) is 0.100. The van der Waals surface area contributed by atoms with Crippen molar-refractivity contribution >= 4 is 27.3 Å². The number of rotatable bonds is 2. The zero-order valence-electron chi connectivity index (χ0n) is 8.25. The lowest BCUT2D eigenvalue weighted by atomic mass is 10.2. The molecule has 1 rings (SSSR count). The van der Waals surface area contributed by atoms with Gasteiger partial charge in [0, 0.05) is 0 Å². The van der Waals surface area contributed by atoms with Crippen LogP contribution < -0.4 is 5.43 Å². The lowest BCUT2D eigenvalue weighted by molar-refractivity contribution is 0.612. The Morgan fingerprint density at radius 3 is 2.56 bits per heavy atom. The van der Waals surface area contributed by atoms with Crippen molar-refractivity contribution in [2.24, 2.45) is 5.10 Å². The largest absolute Gasteiger partial charge is 0.276 e. The molecule has 0 atom stereocenters. The van der Waals surface area contributed by atoms with Gasteiger partial charge in [0.05, 0.1) is 10.2 Å². The second-order valence-corrected chi connectivity index (χ2v) is 3.74. The molecule has 4 nitrogen and oxygen atoms in total. The fourth-order valence-corrected chi connectivity index (χ4v) is 1.55. The summed E-state index contributed by atoms with van der Waals surface area (Å²) in [6.07, 6.45) is 0. The SMILES string of the molecule is Cc1cc(NN=C(C#N)C#N)cc(Br)c1F. The number of nitrogens with one attached hydrogen (secondary N) is 1. The Morgan fingerprint density at radius 1 is 1.44 bits per heavy atom. The monoisotopic (exact) mass is 280 g/mol. The Hall–Kier alpha value is -1.92. The molecule has 1 aromatic carbocycles. The molecule has 6 heteroatoms. The van der Waals surface area contributed by atoms with Crippen LogP contribution in [0.4, 0.5) is 10.1 Å². The van der Waals surface area contributed by atoms with E-state index >= 15 is 0 Å². The Bertz CT molecular complexity index is 486. The number of anilines is 1. The Labute approximate surface area is 100 Å². The molecule has 1 N–H and O–H groups in total. The summed E-state index contributed by atoms with van der Waals surface area (Å²) in [5, 5.41) is 20.4. The third-order valence-corrected chi connectivity index (χ3v) is 2.30. The van der Waals surface area contributed by atoms with Crippen LogP contribution in [0.5, 0.6) is 0 Å². The topological polar surface area (TPSA) is 72.0 Å². The normalized spacial score (nSPS) is 8.81. The number of halogens is 2. The van der Waals surface area contributed by atoms with Crippen LogP contribution in [0.15, 0.2) is 21.7 Å². The van der Waals surface area contributed by atoms with Crippen molar-refractivity contribution < 1.29 is 4.39 Å². The van der Waals surface area contributed by atoms with Gasteiger partial charge in [-0.05, 0) is 40.5 Å². The fourth-order valence-electron chi connectivity index (χ4n) is 0.987. The van der Waals surface area contributed by atoms with Gasteiger partial charge >= 0.3 is 0 Å². The molecule has 0 bridgehead atoms. The van der Waals surface area contributed by atoms with E-state index in [9.17, 15) is 4.39 Å². The van der Waals surface area contributed by atoms with E-state index in [4.69, 9.17) is 10.5 Å². The summed E-state index contributed by atoms with van der Waals surface area (Å²) in [5.41, 5.74) is 3.14. The predicted octanol–water partition coefficient (Wildman–Crippen LogP) is 2.71. The number of hydrazone groups is 1. The molecule has 0 saturated carbocycles. The van der Waals surface area contributed by atoms with Gasteiger partial charge in [0.25, 0.3) is 0 Å². The van der Waals surface area contributed by atoms with Crippen molar-refractivity contribution in [3.05, 3.63) is 28.0 Å². The van der Waals surface area contributed by atoms with Crippen molar-refractivity contribution in [2.45, 2.75) is 6.92 Å². The maximum atomic E-state index is 13.2. The quantitative estimate of drug-likeness (QED) is 0.669. The first kappa shape index (κ1) is 12.2. The zero-order valence-corrected chi connectivity index (χ0v) is 9.84. The number of benzene rings is 1. The molecule has 0 fully saturated rings. The summed E-state index contributed by atoms with van der Waals surface area (Å²) in [6, 6.07) is 6.20. The summed E-state index contributed by atoms with van der Waals surface area (Å²) in [7, 11) is 0. The average Bonchev–Trinajstić information content (AvgIpc) is 2.27. The van der Waals surface area contributed by atoms with Crippen LogP contribution >= 0.6 is 15.9 Å². The third kappa shape index (κ3) is 2.78. The number of hydrogen-bond donors (Lipinski definition) is 1. The van der Waals surface area contributed by atoms with Gasteiger partial charge in [0.15, 0.2) is 0 Å². The molecule has 0 unspecified atom stereocenters. The van der Waals surface area contributed by atoms with Gasteiger partial charge < -0.3 is 0 Å². The molecule has 1 aromatic rings. The summed E-state index contributed by atoms with van der Waals surface area (Å²) in [4.78, 5) is 0. The molecule has 0 aliphatic heterocycles. The molecular formula is C10H6BrFN4. The van der Waals surface area contributed by atoms with Crippen LogP contribution in [-0.4, -0.2) is 5.71 Å². The van der Waals surface area contributed by atoms with Gasteiger partial charge in [-0.3, -0.25) is 5.43 Å². The highest BCUT2D eigenvalue weighted by atomic mass is 79.9. The first-order chi connectivity index (χ1) is 7.58. The molecule has 0 aliphatic carbocycles. The first-order valence-corrected chi connectivity index (χ1v) is 4.97. The van der Waals surface area contributed by atoms with Crippen LogP contribution in [0.2, 0.25) is 0 Å². The van der Waals surface area contributed by atoms with Gasteiger partial charge in [0.1, 0.15) is 18.0 Å². The van der Waals surface area contributed by atoms with E-state index in [0.717, 1.165) is 0 Å². The maximum Gasteiger partial charge on any atom is 0.237 e. The number of hydrogen-bond acceptors (Lipinski definition) is 4. The zero-order chi connectivity index (χ0) is 12.1. The molecule has 16 heavy (non-hydrogen) atoms. The first-order valence-electron chi connectivity index (χ1n) is 4.18. The standard InChI is InChI=1S/C10H6BrFN4/c1-6-2-7(3-9(11)10(6)12)15-16-8(4-13)5-14/h2-3,15H,1H3. The summed E-state index contributed by atoms with van der Waals surface area (Å²) in [5.74, 6) is -0.352. The maximum absolute atomic E-state index is 13.2. The Balaban J connectivity index is 2.98. The van der Waals surface area contributed by atoms with Gasteiger partial charge in [-0.25, -0.2) is 4.39 Å². The minimum Gasteiger partial charge on any atom is -0.276 e. The molecular weight excluding hydrogens is 275 g/mol. The minimum absolute atomic E-state index is 0.292. The van der Waals surface area contributed by atoms with Gasteiger partial charge in [-0.15, -0.1) is 0 Å². The van der Waals surface area contributed by atoms with E-state index in [1.165, 1.54) is 12.1 Å². The summed E-state index contributed by atoms with van der Waals surface area (Å²) >= 11 is 3.04.